The van der Waals surface area contributed by atoms with E-state index < -0.39 is 0 Å². The summed E-state index contributed by atoms with van der Waals surface area (Å²) in [6.07, 6.45) is 0. The standard InChI is InChI=1S/C21H21NO.ClH/c1-16(22)18-9-5-10-19(13-18)20-11-6-12-21(14-20)23-15-17-7-3-2-4-8-17;/h2-14,16H,15,22H2,1H3;1H/t16-;/m0./s1. The molecule has 0 amide bonds. The quantitative estimate of drug-likeness (QED) is 0.677. The van der Waals surface area contributed by atoms with Gasteiger partial charge in [0.05, 0.1) is 0 Å². The lowest BCUT2D eigenvalue weighted by atomic mass is 10.0. The van der Waals surface area contributed by atoms with Crippen LogP contribution in [0.25, 0.3) is 11.1 Å². The zero-order chi connectivity index (χ0) is 16.1. The third kappa shape index (κ3) is 4.60. The monoisotopic (exact) mass is 339 g/mol. The summed E-state index contributed by atoms with van der Waals surface area (Å²) in [5, 5.41) is 0. The minimum absolute atomic E-state index is 0. The Kier molecular flexibility index (Phi) is 6.42. The molecule has 0 unspecified atom stereocenters. The molecule has 0 aliphatic carbocycles. The summed E-state index contributed by atoms with van der Waals surface area (Å²) in [6.45, 7) is 2.57. The Bertz CT molecular complexity index is 772. The van der Waals surface area contributed by atoms with Crippen LogP contribution in [0.2, 0.25) is 0 Å². The van der Waals surface area contributed by atoms with Crippen molar-refractivity contribution >= 4 is 12.4 Å². The van der Waals surface area contributed by atoms with Crippen LogP contribution in [0.5, 0.6) is 5.75 Å². The molecular formula is C21H22ClNO. The molecule has 0 heterocycles. The van der Waals surface area contributed by atoms with E-state index in [1.54, 1.807) is 0 Å². The van der Waals surface area contributed by atoms with Gasteiger partial charge in [-0.3, -0.25) is 0 Å². The fraction of sp³-hybridized carbons (Fsp3) is 0.143. The molecule has 2 nitrogen and oxygen atoms in total. The topological polar surface area (TPSA) is 35.2 Å². The average molecular weight is 340 g/mol. The molecule has 0 aromatic heterocycles. The maximum absolute atomic E-state index is 5.98. The van der Waals surface area contributed by atoms with E-state index in [0.717, 1.165) is 28.0 Å². The normalized spacial score (nSPS) is 11.4. The van der Waals surface area contributed by atoms with Gasteiger partial charge in [0.2, 0.25) is 0 Å². The first kappa shape index (κ1) is 18.1. The molecule has 0 bridgehead atoms. The van der Waals surface area contributed by atoms with Gasteiger partial charge in [-0.15, -0.1) is 12.4 Å². The Morgan fingerprint density at radius 3 is 2.21 bits per heavy atom. The number of rotatable bonds is 5. The first-order chi connectivity index (χ1) is 11.2. The van der Waals surface area contributed by atoms with Crippen molar-refractivity contribution in [3.8, 4) is 16.9 Å². The second-order valence-corrected chi connectivity index (χ2v) is 5.72. The van der Waals surface area contributed by atoms with Crippen molar-refractivity contribution in [2.24, 2.45) is 5.73 Å². The molecule has 3 aromatic carbocycles. The molecule has 2 N–H and O–H groups in total. The molecule has 0 saturated heterocycles. The molecule has 0 aliphatic heterocycles. The van der Waals surface area contributed by atoms with Crippen LogP contribution in [0.15, 0.2) is 78.9 Å². The fourth-order valence-corrected chi connectivity index (χ4v) is 2.51. The highest BCUT2D eigenvalue weighted by molar-refractivity contribution is 5.85. The van der Waals surface area contributed by atoms with Gasteiger partial charge in [-0.2, -0.15) is 0 Å². The molecule has 124 valence electrons. The maximum Gasteiger partial charge on any atom is 0.120 e. The molecule has 3 heteroatoms. The zero-order valence-corrected chi connectivity index (χ0v) is 14.5. The molecule has 1 atom stereocenters. The van der Waals surface area contributed by atoms with Crippen molar-refractivity contribution in [3.05, 3.63) is 90.0 Å². The van der Waals surface area contributed by atoms with Gasteiger partial charge in [0.15, 0.2) is 0 Å². The summed E-state index contributed by atoms with van der Waals surface area (Å²) < 4.78 is 5.91. The van der Waals surface area contributed by atoms with Crippen LogP contribution in [-0.2, 0) is 6.61 Å². The Morgan fingerprint density at radius 2 is 1.50 bits per heavy atom. The van der Waals surface area contributed by atoms with Gasteiger partial charge in [-0.25, -0.2) is 0 Å². The molecule has 0 fully saturated rings. The number of hydrogen-bond donors (Lipinski definition) is 1. The van der Waals surface area contributed by atoms with Crippen LogP contribution in [0.1, 0.15) is 24.1 Å². The molecule has 0 radical (unpaired) electrons. The summed E-state index contributed by atoms with van der Waals surface area (Å²) in [7, 11) is 0. The molecule has 3 aromatic rings. The van der Waals surface area contributed by atoms with Crippen molar-refractivity contribution in [2.45, 2.75) is 19.6 Å². The minimum Gasteiger partial charge on any atom is -0.489 e. The molecular weight excluding hydrogens is 318 g/mol. The predicted octanol–water partition coefficient (Wildman–Crippen LogP) is 5.37. The van der Waals surface area contributed by atoms with Gasteiger partial charge in [0.25, 0.3) is 0 Å². The number of halogens is 1. The number of hydrogen-bond acceptors (Lipinski definition) is 2. The van der Waals surface area contributed by atoms with Gasteiger partial charge in [0.1, 0.15) is 12.4 Å². The second-order valence-electron chi connectivity index (χ2n) is 5.72. The highest BCUT2D eigenvalue weighted by Gasteiger charge is 2.04. The Labute approximate surface area is 149 Å². The lowest BCUT2D eigenvalue weighted by Gasteiger charge is -2.11. The van der Waals surface area contributed by atoms with E-state index in [1.807, 2.05) is 43.3 Å². The van der Waals surface area contributed by atoms with E-state index in [0.29, 0.717) is 6.61 Å². The molecule has 0 saturated carbocycles. The van der Waals surface area contributed by atoms with Crippen LogP contribution in [0.4, 0.5) is 0 Å². The van der Waals surface area contributed by atoms with E-state index in [4.69, 9.17) is 10.5 Å². The zero-order valence-electron chi connectivity index (χ0n) is 13.7. The summed E-state index contributed by atoms with van der Waals surface area (Å²) >= 11 is 0. The van der Waals surface area contributed by atoms with E-state index in [-0.39, 0.29) is 18.4 Å². The SMILES string of the molecule is C[C@H](N)c1cccc(-c2cccc(OCc3ccccc3)c2)c1.Cl. The number of nitrogens with two attached hydrogens (primary N) is 1. The average Bonchev–Trinajstić information content (AvgIpc) is 2.61. The van der Waals surface area contributed by atoms with Crippen LogP contribution in [0, 0.1) is 0 Å². The van der Waals surface area contributed by atoms with E-state index in [1.165, 1.54) is 0 Å². The number of benzene rings is 3. The predicted molar refractivity (Wildman–Crippen MR) is 103 cm³/mol. The molecule has 0 aliphatic rings. The Balaban J connectivity index is 0.00000208. The lowest BCUT2D eigenvalue weighted by molar-refractivity contribution is 0.306. The largest absolute Gasteiger partial charge is 0.489 e. The summed E-state index contributed by atoms with van der Waals surface area (Å²) in [4.78, 5) is 0. The third-order valence-corrected chi connectivity index (χ3v) is 3.83. The maximum atomic E-state index is 5.98. The van der Waals surface area contributed by atoms with Gasteiger partial charge >= 0.3 is 0 Å². The van der Waals surface area contributed by atoms with E-state index in [9.17, 15) is 0 Å². The molecule has 0 spiro atoms. The van der Waals surface area contributed by atoms with Gasteiger partial charge in [0, 0.05) is 6.04 Å². The van der Waals surface area contributed by atoms with Crippen LogP contribution >= 0.6 is 12.4 Å². The second kappa shape index (κ2) is 8.53. The van der Waals surface area contributed by atoms with E-state index in [2.05, 4.69) is 42.5 Å². The smallest absolute Gasteiger partial charge is 0.120 e. The molecule has 24 heavy (non-hydrogen) atoms. The van der Waals surface area contributed by atoms with Crippen LogP contribution in [0.3, 0.4) is 0 Å². The van der Waals surface area contributed by atoms with Crippen LogP contribution in [-0.4, -0.2) is 0 Å². The van der Waals surface area contributed by atoms with Gasteiger partial charge in [-0.05, 0) is 47.4 Å². The fourth-order valence-electron chi connectivity index (χ4n) is 2.51. The van der Waals surface area contributed by atoms with E-state index >= 15 is 0 Å². The summed E-state index contributed by atoms with van der Waals surface area (Å²) in [6, 6.07) is 26.7. The van der Waals surface area contributed by atoms with Crippen molar-refractivity contribution in [3.63, 3.8) is 0 Å². The van der Waals surface area contributed by atoms with Crippen molar-refractivity contribution in [1.29, 1.82) is 0 Å². The van der Waals surface area contributed by atoms with Gasteiger partial charge in [-0.1, -0.05) is 60.7 Å². The summed E-state index contributed by atoms with van der Waals surface area (Å²) in [5.74, 6) is 0.873. The number of ether oxygens (including phenoxy) is 1. The first-order valence-electron chi connectivity index (χ1n) is 7.85. The van der Waals surface area contributed by atoms with Crippen molar-refractivity contribution in [2.75, 3.05) is 0 Å². The Hall–Kier alpha value is -2.29. The van der Waals surface area contributed by atoms with Crippen molar-refractivity contribution < 1.29 is 4.74 Å². The minimum atomic E-state index is 0. The first-order valence-corrected chi connectivity index (χ1v) is 7.85. The Morgan fingerprint density at radius 1 is 0.833 bits per heavy atom. The lowest BCUT2D eigenvalue weighted by Crippen LogP contribution is -2.04. The molecule has 3 rings (SSSR count). The highest BCUT2D eigenvalue weighted by Crippen LogP contribution is 2.26. The third-order valence-electron chi connectivity index (χ3n) is 3.83. The summed E-state index contributed by atoms with van der Waals surface area (Å²) in [5.41, 5.74) is 10.6. The van der Waals surface area contributed by atoms with Crippen LogP contribution < -0.4 is 10.5 Å². The van der Waals surface area contributed by atoms with Crippen molar-refractivity contribution in [1.82, 2.24) is 0 Å². The highest BCUT2D eigenvalue weighted by atomic mass is 35.5. The van der Waals surface area contributed by atoms with Gasteiger partial charge < -0.3 is 10.5 Å².